The van der Waals surface area contributed by atoms with Crippen LogP contribution in [0, 0.1) is 23.4 Å². The molecule has 1 saturated heterocycles. The van der Waals surface area contributed by atoms with Crippen LogP contribution in [-0.2, 0) is 15.6 Å². The number of amides is 1. The van der Waals surface area contributed by atoms with E-state index in [1.807, 2.05) is 0 Å². The van der Waals surface area contributed by atoms with Crippen molar-refractivity contribution >= 4 is 28.7 Å². The van der Waals surface area contributed by atoms with E-state index in [2.05, 4.69) is 15.1 Å². The molecule has 2 aliphatic rings. The third kappa shape index (κ3) is 4.23. The van der Waals surface area contributed by atoms with Crippen molar-refractivity contribution < 1.29 is 26.6 Å². The molecule has 12 heteroatoms. The number of rotatable bonds is 4. The van der Waals surface area contributed by atoms with Crippen LogP contribution >= 0.6 is 0 Å². The molecular weight excluding hydrogens is 450 g/mol. The minimum atomic E-state index is -1.59. The second kappa shape index (κ2) is 8.93. The Morgan fingerprint density at radius 3 is 2.69 bits per heavy atom. The Kier molecular flexibility index (Phi) is 6.22. The van der Waals surface area contributed by atoms with Crippen LogP contribution in [0.15, 0.2) is 34.7 Å². The molecule has 0 unspecified atom stereocenters. The van der Waals surface area contributed by atoms with Crippen molar-refractivity contribution in [1.29, 1.82) is 0 Å². The normalized spacial score (nSPS) is 24.1. The molecule has 32 heavy (non-hydrogen) atoms. The Morgan fingerprint density at radius 2 is 1.97 bits per heavy atom. The standard InChI is InChI=1S/C20H19F4N5O2S/c1-32(31)18-8-17(25-10-26-18)28-5-3-12(15(23)9-28)20(30)29-16(2-4-27-29)13-6-11(21)7-14(22)19(13)24/h4,6-8,10,12,15-16H,2-3,5,9H2,1H3/t12-,15+,16+,32-/m1/s1. The molecule has 4 atom stereocenters. The van der Waals surface area contributed by atoms with Crippen LogP contribution in [0.25, 0.3) is 0 Å². The largest absolute Gasteiger partial charge is 0.354 e. The Labute approximate surface area is 183 Å². The van der Waals surface area contributed by atoms with Crippen molar-refractivity contribution in [2.24, 2.45) is 11.0 Å². The van der Waals surface area contributed by atoms with Gasteiger partial charge in [-0.25, -0.2) is 32.5 Å². The van der Waals surface area contributed by atoms with Gasteiger partial charge in [0.25, 0.3) is 0 Å². The monoisotopic (exact) mass is 469 g/mol. The van der Waals surface area contributed by atoms with Gasteiger partial charge in [-0.3, -0.25) is 9.00 Å². The van der Waals surface area contributed by atoms with Crippen LogP contribution in [0.4, 0.5) is 23.4 Å². The first-order chi connectivity index (χ1) is 15.3. The Balaban J connectivity index is 1.50. The van der Waals surface area contributed by atoms with Crippen molar-refractivity contribution in [1.82, 2.24) is 15.0 Å². The highest BCUT2D eigenvalue weighted by Crippen LogP contribution is 2.35. The summed E-state index contributed by atoms with van der Waals surface area (Å²) in [6.45, 7) is 0.142. The minimum Gasteiger partial charge on any atom is -0.354 e. The maximum absolute atomic E-state index is 15.0. The van der Waals surface area contributed by atoms with E-state index < -0.39 is 52.3 Å². The number of carbonyl (C=O) groups is 1. The molecule has 2 aliphatic heterocycles. The third-order valence-electron chi connectivity index (χ3n) is 5.54. The van der Waals surface area contributed by atoms with E-state index >= 15 is 4.39 Å². The van der Waals surface area contributed by atoms with Gasteiger partial charge in [0, 0.05) is 43.1 Å². The highest BCUT2D eigenvalue weighted by atomic mass is 32.2. The van der Waals surface area contributed by atoms with Gasteiger partial charge in [0.1, 0.15) is 29.2 Å². The summed E-state index contributed by atoms with van der Waals surface area (Å²) in [6, 6.07) is 1.69. The SMILES string of the molecule is C[S@@](=O)c1cc(N2CC[C@@H](C(=O)N3N=CC[C@H]3c3cc(F)cc(F)c3F)[C@@H](F)C2)ncn1. The second-order valence-corrected chi connectivity index (χ2v) is 8.88. The maximum Gasteiger partial charge on any atom is 0.249 e. The fraction of sp³-hybridized carbons (Fsp3) is 0.400. The van der Waals surface area contributed by atoms with Gasteiger partial charge in [-0.05, 0) is 12.5 Å². The molecule has 1 amide bonds. The number of hydrogen-bond acceptors (Lipinski definition) is 6. The van der Waals surface area contributed by atoms with Gasteiger partial charge in [0.15, 0.2) is 11.6 Å². The topological polar surface area (TPSA) is 78.8 Å². The van der Waals surface area contributed by atoms with Gasteiger partial charge in [-0.15, -0.1) is 0 Å². The first-order valence-corrected chi connectivity index (χ1v) is 11.4. The average Bonchev–Trinajstić information content (AvgIpc) is 3.25. The number of hydrogen-bond donors (Lipinski definition) is 0. The summed E-state index contributed by atoms with van der Waals surface area (Å²) in [4.78, 5) is 22.7. The number of anilines is 1. The Morgan fingerprint density at radius 1 is 1.19 bits per heavy atom. The van der Waals surface area contributed by atoms with Crippen LogP contribution in [-0.4, -0.2) is 56.8 Å². The third-order valence-corrected chi connectivity index (χ3v) is 6.35. The van der Waals surface area contributed by atoms with Crippen LogP contribution < -0.4 is 4.90 Å². The smallest absolute Gasteiger partial charge is 0.249 e. The van der Waals surface area contributed by atoms with E-state index in [9.17, 15) is 22.2 Å². The summed E-state index contributed by atoms with van der Waals surface area (Å²) in [5, 5.41) is 5.14. The van der Waals surface area contributed by atoms with Gasteiger partial charge in [-0.1, -0.05) is 0 Å². The lowest BCUT2D eigenvalue weighted by atomic mass is 9.92. The number of halogens is 4. The lowest BCUT2D eigenvalue weighted by molar-refractivity contribution is -0.140. The van der Waals surface area contributed by atoms with E-state index in [1.54, 1.807) is 4.90 Å². The molecular formula is C20H19F4N5O2S. The Bertz CT molecular complexity index is 1100. The van der Waals surface area contributed by atoms with Crippen molar-refractivity contribution in [2.45, 2.75) is 30.1 Å². The summed E-state index contributed by atoms with van der Waals surface area (Å²) in [6.07, 6.45) is 2.63. The van der Waals surface area contributed by atoms with E-state index in [1.165, 1.54) is 24.9 Å². The molecule has 170 valence electrons. The van der Waals surface area contributed by atoms with Gasteiger partial charge < -0.3 is 4.90 Å². The number of carbonyl (C=O) groups excluding carboxylic acids is 1. The summed E-state index contributed by atoms with van der Waals surface area (Å²) in [5.74, 6) is -4.96. The number of aromatic nitrogens is 2. The van der Waals surface area contributed by atoms with E-state index in [0.717, 1.165) is 11.1 Å². The van der Waals surface area contributed by atoms with Crippen molar-refractivity contribution in [2.75, 3.05) is 24.2 Å². The second-order valence-electron chi connectivity index (χ2n) is 7.55. The van der Waals surface area contributed by atoms with Crippen LogP contribution in [0.5, 0.6) is 0 Å². The van der Waals surface area contributed by atoms with Crippen molar-refractivity contribution in [3.05, 3.63) is 47.5 Å². The quantitative estimate of drug-likeness (QED) is 0.391. The zero-order chi connectivity index (χ0) is 23.0. The molecule has 3 heterocycles. The molecule has 2 aromatic rings. The van der Waals surface area contributed by atoms with E-state index in [4.69, 9.17) is 0 Å². The number of nitrogens with zero attached hydrogens (tertiary/aromatic N) is 5. The predicted octanol–water partition coefficient (Wildman–Crippen LogP) is 2.76. The molecule has 0 spiro atoms. The van der Waals surface area contributed by atoms with Crippen LogP contribution in [0.2, 0.25) is 0 Å². The fourth-order valence-corrected chi connectivity index (χ4v) is 4.39. The maximum atomic E-state index is 15.0. The number of hydrazone groups is 1. The lowest BCUT2D eigenvalue weighted by Gasteiger charge is -2.36. The summed E-state index contributed by atoms with van der Waals surface area (Å²) >= 11 is 0. The molecule has 0 saturated carbocycles. The highest BCUT2D eigenvalue weighted by Gasteiger charge is 2.41. The van der Waals surface area contributed by atoms with Gasteiger partial charge in [0.2, 0.25) is 5.91 Å². The molecule has 0 radical (unpaired) electrons. The summed E-state index contributed by atoms with van der Waals surface area (Å²) in [5.41, 5.74) is -0.345. The predicted molar refractivity (Wildman–Crippen MR) is 109 cm³/mol. The fourth-order valence-electron chi connectivity index (χ4n) is 3.92. The number of piperidine rings is 1. The van der Waals surface area contributed by atoms with E-state index in [0.29, 0.717) is 16.9 Å². The Hall–Kier alpha value is -2.89. The van der Waals surface area contributed by atoms with Crippen molar-refractivity contribution in [3.8, 4) is 0 Å². The van der Waals surface area contributed by atoms with Gasteiger partial charge in [0.05, 0.1) is 29.3 Å². The van der Waals surface area contributed by atoms with Gasteiger partial charge >= 0.3 is 0 Å². The van der Waals surface area contributed by atoms with Crippen LogP contribution in [0.1, 0.15) is 24.4 Å². The number of benzene rings is 1. The van der Waals surface area contributed by atoms with Crippen LogP contribution in [0.3, 0.4) is 0 Å². The first kappa shape index (κ1) is 22.3. The van der Waals surface area contributed by atoms with E-state index in [-0.39, 0.29) is 31.5 Å². The summed E-state index contributed by atoms with van der Waals surface area (Å²) in [7, 11) is -1.33. The highest BCUT2D eigenvalue weighted by molar-refractivity contribution is 7.84. The number of alkyl halides is 1. The molecule has 1 fully saturated rings. The first-order valence-electron chi connectivity index (χ1n) is 9.80. The molecule has 0 aliphatic carbocycles. The zero-order valence-corrected chi connectivity index (χ0v) is 17.7. The molecule has 0 N–H and O–H groups in total. The molecule has 1 aromatic heterocycles. The molecule has 4 rings (SSSR count). The zero-order valence-electron chi connectivity index (χ0n) is 16.9. The van der Waals surface area contributed by atoms with Crippen molar-refractivity contribution in [3.63, 3.8) is 0 Å². The van der Waals surface area contributed by atoms with Gasteiger partial charge in [-0.2, -0.15) is 5.10 Å². The summed E-state index contributed by atoms with van der Waals surface area (Å²) < 4.78 is 68.3. The lowest BCUT2D eigenvalue weighted by Crippen LogP contribution is -2.48. The molecule has 1 aromatic carbocycles. The molecule has 7 nitrogen and oxygen atoms in total. The minimum absolute atomic E-state index is 0.0548. The molecule has 0 bridgehead atoms. The average molecular weight is 469 g/mol.